The number of aryl methyl sites for hydroxylation is 2. The first-order valence-corrected chi connectivity index (χ1v) is 10.4. The average molecular weight is 426 g/mol. The van der Waals surface area contributed by atoms with Gasteiger partial charge in [0.05, 0.1) is 16.4 Å². The summed E-state index contributed by atoms with van der Waals surface area (Å²) in [6.45, 7) is 2.08. The Hall–Kier alpha value is -2.19. The van der Waals surface area contributed by atoms with Crippen molar-refractivity contribution in [2.24, 2.45) is 7.05 Å². The molecule has 0 saturated heterocycles. The molecule has 0 radical (unpaired) electrons. The number of benzene rings is 1. The van der Waals surface area contributed by atoms with Crippen LogP contribution in [0.2, 0.25) is 5.02 Å². The number of nitrogens with one attached hydrogen (secondary N) is 1. The van der Waals surface area contributed by atoms with E-state index < -0.39 is 18.1 Å². The molecule has 0 aliphatic heterocycles. The molecule has 152 valence electrons. The number of carboxylic acid groups (broad SMARTS) is 1. The van der Waals surface area contributed by atoms with Crippen molar-refractivity contribution in [2.75, 3.05) is 5.75 Å². The predicted molar refractivity (Wildman–Crippen MR) is 110 cm³/mol. The van der Waals surface area contributed by atoms with Crippen LogP contribution in [-0.2, 0) is 35.4 Å². The van der Waals surface area contributed by atoms with Gasteiger partial charge in [-0.1, -0.05) is 48.9 Å². The van der Waals surface area contributed by atoms with Crippen molar-refractivity contribution < 1.29 is 19.4 Å². The summed E-state index contributed by atoms with van der Waals surface area (Å²) in [6.07, 6.45) is 0.285. The lowest BCUT2D eigenvalue weighted by molar-refractivity contribution is -0.139. The van der Waals surface area contributed by atoms with Crippen molar-refractivity contribution in [1.82, 2.24) is 15.1 Å². The Morgan fingerprint density at radius 3 is 2.68 bits per heavy atom. The smallest absolute Gasteiger partial charge is 0.408 e. The molecule has 1 unspecified atom stereocenters. The number of amides is 1. The SMILES string of the molecule is CCc1nn(C)c(CSCCC(NC(=O)OCc2ccccc2)C(=O)O)c1Cl. The number of thioether (sulfide) groups is 1. The van der Waals surface area contributed by atoms with Gasteiger partial charge in [-0.05, 0) is 24.2 Å². The largest absolute Gasteiger partial charge is 0.480 e. The zero-order chi connectivity index (χ0) is 20.5. The Morgan fingerprint density at radius 2 is 2.07 bits per heavy atom. The highest BCUT2D eigenvalue weighted by Crippen LogP contribution is 2.25. The summed E-state index contributed by atoms with van der Waals surface area (Å²) in [5.74, 6) is 0.0653. The van der Waals surface area contributed by atoms with Gasteiger partial charge in [0.1, 0.15) is 12.6 Å². The van der Waals surface area contributed by atoms with Gasteiger partial charge in [0.2, 0.25) is 0 Å². The van der Waals surface area contributed by atoms with Gasteiger partial charge in [0.15, 0.2) is 0 Å². The Balaban J connectivity index is 1.77. The first-order valence-electron chi connectivity index (χ1n) is 8.90. The molecule has 0 bridgehead atoms. The topological polar surface area (TPSA) is 93.5 Å². The Kier molecular flexibility index (Phi) is 8.66. The van der Waals surface area contributed by atoms with Crippen LogP contribution in [0.5, 0.6) is 0 Å². The van der Waals surface area contributed by atoms with Gasteiger partial charge >= 0.3 is 12.1 Å². The Morgan fingerprint density at radius 1 is 1.36 bits per heavy atom. The van der Waals surface area contributed by atoms with Gasteiger partial charge in [0, 0.05) is 12.8 Å². The van der Waals surface area contributed by atoms with Crippen molar-refractivity contribution in [1.29, 1.82) is 0 Å². The maximum Gasteiger partial charge on any atom is 0.408 e. The molecule has 9 heteroatoms. The number of rotatable bonds is 10. The van der Waals surface area contributed by atoms with E-state index in [2.05, 4.69) is 10.4 Å². The highest BCUT2D eigenvalue weighted by Gasteiger charge is 2.21. The number of carbonyl (C=O) groups excluding carboxylic acids is 1. The molecule has 2 aromatic rings. The highest BCUT2D eigenvalue weighted by atomic mass is 35.5. The van der Waals surface area contributed by atoms with Crippen LogP contribution in [0.25, 0.3) is 0 Å². The summed E-state index contributed by atoms with van der Waals surface area (Å²) >= 11 is 7.85. The lowest BCUT2D eigenvalue weighted by atomic mass is 10.2. The van der Waals surface area contributed by atoms with Crippen LogP contribution in [0.15, 0.2) is 30.3 Å². The number of carboxylic acids is 1. The van der Waals surface area contributed by atoms with Gasteiger partial charge in [0.25, 0.3) is 0 Å². The third-order valence-electron chi connectivity index (χ3n) is 4.10. The quantitative estimate of drug-likeness (QED) is 0.564. The minimum atomic E-state index is -1.09. The normalized spacial score (nSPS) is 11.8. The number of hydrogen-bond donors (Lipinski definition) is 2. The second kappa shape index (κ2) is 11.0. The summed E-state index contributed by atoms with van der Waals surface area (Å²) < 4.78 is 6.83. The van der Waals surface area contributed by atoms with Crippen LogP contribution in [0, 0.1) is 0 Å². The van der Waals surface area contributed by atoms with Crippen molar-refractivity contribution in [2.45, 2.75) is 38.2 Å². The average Bonchev–Trinajstić information content (AvgIpc) is 2.96. The van der Waals surface area contributed by atoms with Crippen LogP contribution >= 0.6 is 23.4 Å². The molecular formula is C19H24ClN3O4S. The molecule has 0 spiro atoms. The van der Waals surface area contributed by atoms with Gasteiger partial charge in [-0.2, -0.15) is 16.9 Å². The monoisotopic (exact) mass is 425 g/mol. The first-order chi connectivity index (χ1) is 13.4. The number of alkyl carbamates (subject to hydrolysis) is 1. The van der Waals surface area contributed by atoms with E-state index in [9.17, 15) is 14.7 Å². The number of nitrogens with zero attached hydrogens (tertiary/aromatic N) is 2. The van der Waals surface area contributed by atoms with Gasteiger partial charge in [-0.25, -0.2) is 9.59 Å². The number of halogens is 1. The number of carbonyl (C=O) groups is 2. The molecule has 0 aliphatic carbocycles. The third kappa shape index (κ3) is 6.45. The van der Waals surface area contributed by atoms with Gasteiger partial charge in [-0.15, -0.1) is 0 Å². The molecule has 28 heavy (non-hydrogen) atoms. The maximum absolute atomic E-state index is 11.9. The van der Waals surface area contributed by atoms with Crippen molar-refractivity contribution in [3.8, 4) is 0 Å². The summed E-state index contributed by atoms with van der Waals surface area (Å²) in [5, 5.41) is 16.8. The van der Waals surface area contributed by atoms with E-state index in [0.717, 1.165) is 23.4 Å². The summed E-state index contributed by atoms with van der Waals surface area (Å²) in [6, 6.07) is 8.18. The fourth-order valence-corrected chi connectivity index (χ4v) is 4.02. The molecular weight excluding hydrogens is 402 g/mol. The van der Waals surface area contributed by atoms with E-state index in [1.54, 1.807) is 16.4 Å². The van der Waals surface area contributed by atoms with Crippen LogP contribution < -0.4 is 5.32 Å². The van der Waals surface area contributed by atoms with Crippen molar-refractivity contribution >= 4 is 35.4 Å². The molecule has 7 nitrogen and oxygen atoms in total. The molecule has 1 amide bonds. The van der Waals surface area contributed by atoms with Gasteiger partial charge < -0.3 is 15.2 Å². The standard InChI is InChI=1S/C19H24ClN3O4S/c1-3-14-17(20)16(23(2)22-14)12-28-10-9-15(18(24)25)21-19(26)27-11-13-7-5-4-6-8-13/h4-8,15H,3,9-12H2,1-2H3,(H,21,26)(H,24,25). The van der Waals surface area contributed by atoms with E-state index in [0.29, 0.717) is 16.5 Å². The molecule has 1 heterocycles. The van der Waals surface area contributed by atoms with Crippen LogP contribution in [0.3, 0.4) is 0 Å². The van der Waals surface area contributed by atoms with E-state index in [1.807, 2.05) is 44.3 Å². The lowest BCUT2D eigenvalue weighted by Gasteiger charge is -2.14. The Labute approximate surface area is 173 Å². The van der Waals surface area contributed by atoms with E-state index in [1.165, 1.54) is 0 Å². The van der Waals surface area contributed by atoms with Crippen molar-refractivity contribution in [3.63, 3.8) is 0 Å². The van der Waals surface area contributed by atoms with E-state index in [4.69, 9.17) is 16.3 Å². The van der Waals surface area contributed by atoms with E-state index >= 15 is 0 Å². The first kappa shape index (κ1) is 22.1. The molecule has 1 atom stereocenters. The molecule has 2 N–H and O–H groups in total. The van der Waals surface area contributed by atoms with Crippen molar-refractivity contribution in [3.05, 3.63) is 52.3 Å². The Bertz CT molecular complexity index is 798. The van der Waals surface area contributed by atoms with Crippen LogP contribution in [0.4, 0.5) is 4.79 Å². The number of aromatic nitrogens is 2. The van der Waals surface area contributed by atoms with Crippen LogP contribution in [-0.4, -0.2) is 38.7 Å². The van der Waals surface area contributed by atoms with Gasteiger partial charge in [-0.3, -0.25) is 4.68 Å². The highest BCUT2D eigenvalue weighted by molar-refractivity contribution is 7.98. The molecule has 1 aromatic heterocycles. The predicted octanol–water partition coefficient (Wildman–Crippen LogP) is 3.64. The lowest BCUT2D eigenvalue weighted by Crippen LogP contribution is -2.41. The molecule has 1 aromatic carbocycles. The fourth-order valence-electron chi connectivity index (χ4n) is 2.51. The second-order valence-electron chi connectivity index (χ2n) is 6.12. The van der Waals surface area contributed by atoms with E-state index in [-0.39, 0.29) is 13.0 Å². The minimum absolute atomic E-state index is 0.0898. The molecule has 0 fully saturated rings. The molecule has 0 aliphatic rings. The summed E-state index contributed by atoms with van der Waals surface area (Å²) in [4.78, 5) is 23.3. The second-order valence-corrected chi connectivity index (χ2v) is 7.61. The number of ether oxygens (including phenoxy) is 1. The molecule has 0 saturated carbocycles. The molecule has 2 rings (SSSR count). The summed E-state index contributed by atoms with van der Waals surface area (Å²) in [7, 11) is 1.84. The third-order valence-corrected chi connectivity index (χ3v) is 5.53. The minimum Gasteiger partial charge on any atom is -0.480 e. The fraction of sp³-hybridized carbons (Fsp3) is 0.421. The van der Waals surface area contributed by atoms with Crippen LogP contribution in [0.1, 0.15) is 30.3 Å². The number of aliphatic carboxylic acids is 1. The zero-order valence-corrected chi connectivity index (χ0v) is 17.4. The number of hydrogen-bond acceptors (Lipinski definition) is 5. The maximum atomic E-state index is 11.9. The zero-order valence-electron chi connectivity index (χ0n) is 15.9. The summed E-state index contributed by atoms with van der Waals surface area (Å²) in [5.41, 5.74) is 2.59.